The minimum absolute atomic E-state index is 0.0871. The van der Waals surface area contributed by atoms with Crippen molar-refractivity contribution in [3.63, 3.8) is 0 Å². The van der Waals surface area contributed by atoms with Crippen LogP contribution in [0.25, 0.3) is 0 Å². The van der Waals surface area contributed by atoms with Crippen LogP contribution in [0.3, 0.4) is 0 Å². The third-order valence-corrected chi connectivity index (χ3v) is 2.84. The van der Waals surface area contributed by atoms with E-state index in [1.54, 1.807) is 4.90 Å². The maximum atomic E-state index is 11.7. The number of amides is 1. The molecule has 88 valence electrons. The Kier molecular flexibility index (Phi) is 3.77. The molecule has 0 heterocycles. The van der Waals surface area contributed by atoms with Gasteiger partial charge in [0.25, 0.3) is 0 Å². The van der Waals surface area contributed by atoms with Crippen LogP contribution in [0.2, 0.25) is 0 Å². The fraction of sp³-hybridized carbons (Fsp3) is 0.917. The molecule has 2 atom stereocenters. The second-order valence-corrected chi connectivity index (χ2v) is 5.65. The first-order valence-corrected chi connectivity index (χ1v) is 5.67. The minimum Gasteiger partial charge on any atom is -0.366 e. The normalized spacial score (nSPS) is 25.1. The van der Waals surface area contributed by atoms with Crippen molar-refractivity contribution in [3.05, 3.63) is 0 Å². The van der Waals surface area contributed by atoms with Crippen molar-refractivity contribution >= 4 is 5.91 Å². The summed E-state index contributed by atoms with van der Waals surface area (Å²) in [5.41, 5.74) is -0.233. The molecule has 3 nitrogen and oxygen atoms in total. The van der Waals surface area contributed by atoms with Crippen LogP contribution in [-0.2, 0) is 9.53 Å². The van der Waals surface area contributed by atoms with Gasteiger partial charge in [0.2, 0.25) is 5.91 Å². The van der Waals surface area contributed by atoms with Crippen LogP contribution < -0.4 is 0 Å². The first-order valence-electron chi connectivity index (χ1n) is 5.67. The van der Waals surface area contributed by atoms with E-state index in [1.165, 1.54) is 6.42 Å². The van der Waals surface area contributed by atoms with Crippen molar-refractivity contribution in [3.8, 4) is 0 Å². The number of hydrogen-bond donors (Lipinski definition) is 0. The predicted octanol–water partition coefficient (Wildman–Crippen LogP) is 1.92. The summed E-state index contributed by atoms with van der Waals surface area (Å²) in [6, 6.07) is 0. The third-order valence-electron chi connectivity index (χ3n) is 2.84. The molecule has 1 fully saturated rings. The van der Waals surface area contributed by atoms with E-state index in [1.807, 2.05) is 27.8 Å². The molecule has 1 saturated carbocycles. The summed E-state index contributed by atoms with van der Waals surface area (Å²) in [4.78, 5) is 13.5. The van der Waals surface area contributed by atoms with Crippen LogP contribution >= 0.6 is 0 Å². The van der Waals surface area contributed by atoms with Crippen LogP contribution in [0.15, 0.2) is 0 Å². The summed E-state index contributed by atoms with van der Waals surface area (Å²) in [6.07, 6.45) is 1.26. The fourth-order valence-corrected chi connectivity index (χ4v) is 1.50. The molecular formula is C12H23NO2. The molecular weight excluding hydrogens is 190 g/mol. The molecule has 0 radical (unpaired) electrons. The fourth-order valence-electron chi connectivity index (χ4n) is 1.50. The molecule has 0 aromatic rings. The maximum absolute atomic E-state index is 11.7. The van der Waals surface area contributed by atoms with Gasteiger partial charge in [0.15, 0.2) is 0 Å². The van der Waals surface area contributed by atoms with Crippen molar-refractivity contribution in [2.75, 3.05) is 20.2 Å². The summed E-state index contributed by atoms with van der Waals surface area (Å²) in [7, 11) is 1.86. The van der Waals surface area contributed by atoms with Crippen LogP contribution in [0, 0.1) is 11.8 Å². The molecule has 0 aromatic heterocycles. The number of hydrogen-bond acceptors (Lipinski definition) is 2. The zero-order valence-electron chi connectivity index (χ0n) is 10.5. The highest BCUT2D eigenvalue weighted by atomic mass is 16.5. The smallest absolute Gasteiger partial charge is 0.248 e. The van der Waals surface area contributed by atoms with E-state index in [2.05, 4.69) is 6.92 Å². The second kappa shape index (κ2) is 4.52. The Labute approximate surface area is 92.8 Å². The number of nitrogens with zero attached hydrogens (tertiary/aromatic N) is 1. The monoisotopic (exact) mass is 213 g/mol. The molecule has 2 unspecified atom stereocenters. The average molecular weight is 213 g/mol. The van der Waals surface area contributed by atoms with Gasteiger partial charge in [-0.05, 0) is 39.0 Å². The van der Waals surface area contributed by atoms with E-state index in [-0.39, 0.29) is 18.1 Å². The zero-order valence-corrected chi connectivity index (χ0v) is 10.5. The standard InChI is InChI=1S/C12H23NO2/c1-9-6-10(9)7-13(5)11(14)8-15-12(2,3)4/h9-10H,6-8H2,1-5H3. The Balaban J connectivity index is 2.21. The molecule has 15 heavy (non-hydrogen) atoms. The van der Waals surface area contributed by atoms with Gasteiger partial charge in [0, 0.05) is 13.6 Å². The van der Waals surface area contributed by atoms with E-state index in [0.29, 0.717) is 5.92 Å². The SMILES string of the molecule is CC1CC1CN(C)C(=O)COC(C)(C)C. The van der Waals surface area contributed by atoms with E-state index >= 15 is 0 Å². The van der Waals surface area contributed by atoms with Gasteiger partial charge in [0.1, 0.15) is 6.61 Å². The van der Waals surface area contributed by atoms with Crippen molar-refractivity contribution in [2.45, 2.75) is 39.7 Å². The van der Waals surface area contributed by atoms with Gasteiger partial charge < -0.3 is 9.64 Å². The molecule has 0 bridgehead atoms. The Morgan fingerprint density at radius 3 is 2.40 bits per heavy atom. The lowest BCUT2D eigenvalue weighted by atomic mass is 10.2. The van der Waals surface area contributed by atoms with E-state index in [4.69, 9.17) is 4.74 Å². The summed E-state index contributed by atoms with van der Waals surface area (Å²) in [5, 5.41) is 0. The van der Waals surface area contributed by atoms with Crippen molar-refractivity contribution in [1.82, 2.24) is 4.90 Å². The minimum atomic E-state index is -0.233. The molecule has 0 spiro atoms. The second-order valence-electron chi connectivity index (χ2n) is 5.65. The van der Waals surface area contributed by atoms with Crippen LogP contribution in [-0.4, -0.2) is 36.6 Å². The average Bonchev–Trinajstić information content (AvgIpc) is 2.76. The molecule has 3 heteroatoms. The molecule has 1 aliphatic rings. The van der Waals surface area contributed by atoms with E-state index in [9.17, 15) is 4.79 Å². The zero-order chi connectivity index (χ0) is 11.6. The highest BCUT2D eigenvalue weighted by Crippen LogP contribution is 2.37. The number of likely N-dealkylation sites (N-methyl/N-ethyl adjacent to an activating group) is 1. The Bertz CT molecular complexity index is 232. The number of carbonyl (C=O) groups excluding carboxylic acids is 1. The molecule has 0 N–H and O–H groups in total. The van der Waals surface area contributed by atoms with E-state index < -0.39 is 0 Å². The quantitative estimate of drug-likeness (QED) is 0.714. The van der Waals surface area contributed by atoms with Gasteiger partial charge >= 0.3 is 0 Å². The van der Waals surface area contributed by atoms with Gasteiger partial charge in [-0.1, -0.05) is 6.92 Å². The lowest BCUT2D eigenvalue weighted by Gasteiger charge is -2.22. The summed E-state index contributed by atoms with van der Waals surface area (Å²) >= 11 is 0. The number of ether oxygens (including phenoxy) is 1. The van der Waals surface area contributed by atoms with Crippen molar-refractivity contribution in [2.24, 2.45) is 11.8 Å². The van der Waals surface area contributed by atoms with Gasteiger partial charge in [-0.15, -0.1) is 0 Å². The van der Waals surface area contributed by atoms with Crippen molar-refractivity contribution < 1.29 is 9.53 Å². The van der Waals surface area contributed by atoms with E-state index in [0.717, 1.165) is 12.5 Å². The van der Waals surface area contributed by atoms with Gasteiger partial charge in [-0.3, -0.25) is 4.79 Å². The molecule has 0 aliphatic heterocycles. The molecule has 1 rings (SSSR count). The molecule has 1 amide bonds. The predicted molar refractivity (Wildman–Crippen MR) is 60.6 cm³/mol. The molecule has 0 saturated heterocycles. The Hall–Kier alpha value is -0.570. The molecule has 1 aliphatic carbocycles. The third kappa shape index (κ3) is 4.65. The van der Waals surface area contributed by atoms with Gasteiger partial charge in [0.05, 0.1) is 5.60 Å². The summed E-state index contributed by atoms with van der Waals surface area (Å²) in [6.45, 7) is 9.19. The first-order chi connectivity index (χ1) is 6.79. The topological polar surface area (TPSA) is 29.5 Å². The van der Waals surface area contributed by atoms with Gasteiger partial charge in [-0.2, -0.15) is 0 Å². The first kappa shape index (κ1) is 12.5. The summed E-state index contributed by atoms with van der Waals surface area (Å²) in [5.74, 6) is 1.60. The Morgan fingerprint density at radius 2 is 2.00 bits per heavy atom. The van der Waals surface area contributed by atoms with Crippen LogP contribution in [0.1, 0.15) is 34.1 Å². The molecule has 0 aromatic carbocycles. The van der Waals surface area contributed by atoms with Gasteiger partial charge in [-0.25, -0.2) is 0 Å². The largest absolute Gasteiger partial charge is 0.366 e. The lowest BCUT2D eigenvalue weighted by Crippen LogP contribution is -2.35. The Morgan fingerprint density at radius 1 is 1.47 bits per heavy atom. The lowest BCUT2D eigenvalue weighted by molar-refractivity contribution is -0.139. The number of rotatable bonds is 4. The highest BCUT2D eigenvalue weighted by molar-refractivity contribution is 5.77. The highest BCUT2D eigenvalue weighted by Gasteiger charge is 2.34. The number of carbonyl (C=O) groups is 1. The summed E-state index contributed by atoms with van der Waals surface area (Å²) < 4.78 is 5.45. The van der Waals surface area contributed by atoms with Crippen LogP contribution in [0.4, 0.5) is 0 Å². The maximum Gasteiger partial charge on any atom is 0.248 e. The van der Waals surface area contributed by atoms with Crippen LogP contribution in [0.5, 0.6) is 0 Å². The van der Waals surface area contributed by atoms with Crippen molar-refractivity contribution in [1.29, 1.82) is 0 Å².